The van der Waals surface area contributed by atoms with Gasteiger partial charge in [-0.2, -0.15) is 0 Å². The molecule has 0 aromatic heterocycles. The smallest absolute Gasteiger partial charge is 0.269 e. The van der Waals surface area contributed by atoms with E-state index >= 15 is 0 Å². The van der Waals surface area contributed by atoms with E-state index in [2.05, 4.69) is 0 Å². The molecule has 6 heteroatoms. The fraction of sp³-hybridized carbons (Fsp3) is 0.364. The van der Waals surface area contributed by atoms with Crippen molar-refractivity contribution in [3.63, 3.8) is 0 Å². The largest absolute Gasteiger partial charge is 0.396 e. The van der Waals surface area contributed by atoms with Gasteiger partial charge < -0.3 is 10.2 Å². The summed E-state index contributed by atoms with van der Waals surface area (Å²) in [5, 5.41) is 28.5. The lowest BCUT2D eigenvalue weighted by Crippen LogP contribution is -2.20. The van der Waals surface area contributed by atoms with Gasteiger partial charge in [0, 0.05) is 24.3 Å². The van der Waals surface area contributed by atoms with E-state index in [0.717, 1.165) is 0 Å². The normalized spacial score (nSPS) is 12.1. The maximum absolute atomic E-state index is 11.6. The number of Topliss-reactive ketones (excluding diaryl/α,β-unsaturated/α-hetero) is 1. The summed E-state index contributed by atoms with van der Waals surface area (Å²) < 4.78 is 0. The van der Waals surface area contributed by atoms with Gasteiger partial charge in [-0.15, -0.1) is 0 Å². The zero-order valence-electron chi connectivity index (χ0n) is 9.07. The number of hydrogen-bond acceptors (Lipinski definition) is 5. The summed E-state index contributed by atoms with van der Waals surface area (Å²) in [7, 11) is 0. The molecule has 6 nitrogen and oxygen atoms in total. The average Bonchev–Trinajstić information content (AvgIpc) is 2.35. The van der Waals surface area contributed by atoms with Crippen LogP contribution < -0.4 is 0 Å². The molecule has 0 radical (unpaired) electrons. The highest BCUT2D eigenvalue weighted by Gasteiger charge is 2.17. The van der Waals surface area contributed by atoms with E-state index in [1.54, 1.807) is 0 Å². The standard InChI is InChI=1S/C11H13NO5/c13-7-1-2-10(14)11(15)8-3-5-9(6-4-8)12(16)17/h3-6,10,13-14H,1-2,7H2. The van der Waals surface area contributed by atoms with Crippen molar-refractivity contribution in [3.05, 3.63) is 39.9 Å². The van der Waals surface area contributed by atoms with Crippen molar-refractivity contribution in [2.24, 2.45) is 0 Å². The van der Waals surface area contributed by atoms with E-state index in [4.69, 9.17) is 5.11 Å². The minimum absolute atomic E-state index is 0.0927. The second-order valence-corrected chi connectivity index (χ2v) is 3.55. The molecule has 0 saturated heterocycles. The summed E-state index contributed by atoms with van der Waals surface area (Å²) in [4.78, 5) is 21.5. The summed E-state index contributed by atoms with van der Waals surface area (Å²) in [6, 6.07) is 5.04. The molecule has 1 unspecified atom stereocenters. The quantitative estimate of drug-likeness (QED) is 0.436. The van der Waals surface area contributed by atoms with Crippen LogP contribution in [0.25, 0.3) is 0 Å². The Hall–Kier alpha value is -1.79. The Balaban J connectivity index is 2.72. The number of rotatable bonds is 6. The Kier molecular flexibility index (Phi) is 4.74. The fourth-order valence-electron chi connectivity index (χ4n) is 1.36. The van der Waals surface area contributed by atoms with E-state index in [0.29, 0.717) is 6.42 Å². The molecule has 0 amide bonds. The van der Waals surface area contributed by atoms with Gasteiger partial charge in [0.05, 0.1) is 4.92 Å². The topological polar surface area (TPSA) is 101 Å². The van der Waals surface area contributed by atoms with Crippen molar-refractivity contribution in [1.82, 2.24) is 0 Å². The molecule has 2 N–H and O–H groups in total. The predicted octanol–water partition coefficient (Wildman–Crippen LogP) is 0.911. The van der Waals surface area contributed by atoms with Gasteiger partial charge in [-0.05, 0) is 25.0 Å². The molecule has 0 fully saturated rings. The molecule has 1 aromatic carbocycles. The molecule has 0 bridgehead atoms. The van der Waals surface area contributed by atoms with Crippen LogP contribution >= 0.6 is 0 Å². The Morgan fingerprint density at radius 1 is 1.35 bits per heavy atom. The van der Waals surface area contributed by atoms with Crippen LogP contribution in [0.5, 0.6) is 0 Å². The zero-order chi connectivity index (χ0) is 12.8. The van der Waals surface area contributed by atoms with Gasteiger partial charge in [0.1, 0.15) is 6.10 Å². The summed E-state index contributed by atoms with van der Waals surface area (Å²) in [5.41, 5.74) is 0.118. The number of nitro benzene ring substituents is 1. The summed E-state index contributed by atoms with van der Waals surface area (Å²) in [6.45, 7) is -0.0927. The first-order valence-corrected chi connectivity index (χ1v) is 5.14. The van der Waals surface area contributed by atoms with Gasteiger partial charge >= 0.3 is 0 Å². The second-order valence-electron chi connectivity index (χ2n) is 3.55. The minimum atomic E-state index is -1.18. The number of nitrogens with zero attached hydrogens (tertiary/aromatic N) is 1. The highest BCUT2D eigenvalue weighted by Crippen LogP contribution is 2.14. The number of ketones is 1. The number of nitro groups is 1. The molecule has 0 saturated carbocycles. The lowest BCUT2D eigenvalue weighted by molar-refractivity contribution is -0.384. The molecule has 17 heavy (non-hydrogen) atoms. The Labute approximate surface area is 97.7 Å². The van der Waals surface area contributed by atoms with Crippen molar-refractivity contribution >= 4 is 11.5 Å². The summed E-state index contributed by atoms with van der Waals surface area (Å²) >= 11 is 0. The SMILES string of the molecule is O=C(c1ccc([N+](=O)[O-])cc1)C(O)CCCO. The molecule has 0 aliphatic heterocycles. The molecule has 92 valence electrons. The predicted molar refractivity (Wildman–Crippen MR) is 59.8 cm³/mol. The first-order valence-electron chi connectivity index (χ1n) is 5.14. The lowest BCUT2D eigenvalue weighted by atomic mass is 10.0. The van der Waals surface area contributed by atoms with Crippen molar-refractivity contribution in [2.75, 3.05) is 6.61 Å². The van der Waals surface area contributed by atoms with Crippen molar-refractivity contribution < 1.29 is 19.9 Å². The van der Waals surface area contributed by atoms with Crippen LogP contribution in [0, 0.1) is 10.1 Å². The molecule has 0 aliphatic rings. The molecule has 0 heterocycles. The van der Waals surface area contributed by atoms with Crippen LogP contribution in [0.3, 0.4) is 0 Å². The maximum atomic E-state index is 11.6. The monoisotopic (exact) mass is 239 g/mol. The highest BCUT2D eigenvalue weighted by atomic mass is 16.6. The summed E-state index contributed by atoms with van der Waals surface area (Å²) in [5.74, 6) is -0.492. The summed E-state index contributed by atoms with van der Waals surface area (Å²) in [6.07, 6.45) is -0.671. The number of aliphatic hydroxyl groups is 2. The Morgan fingerprint density at radius 3 is 2.41 bits per heavy atom. The molecule has 0 spiro atoms. The number of aliphatic hydroxyl groups excluding tert-OH is 2. The number of carbonyl (C=O) groups is 1. The van der Waals surface area contributed by atoms with Crippen LogP contribution in [0.15, 0.2) is 24.3 Å². The average molecular weight is 239 g/mol. The Morgan fingerprint density at radius 2 is 1.94 bits per heavy atom. The maximum Gasteiger partial charge on any atom is 0.269 e. The van der Waals surface area contributed by atoms with E-state index in [-0.39, 0.29) is 24.3 Å². The third kappa shape index (κ3) is 3.61. The minimum Gasteiger partial charge on any atom is -0.396 e. The van der Waals surface area contributed by atoms with Crippen LogP contribution in [-0.4, -0.2) is 33.6 Å². The third-order valence-corrected chi connectivity index (χ3v) is 2.30. The van der Waals surface area contributed by atoms with E-state index in [1.807, 2.05) is 0 Å². The van der Waals surface area contributed by atoms with Crippen LogP contribution in [-0.2, 0) is 0 Å². The van der Waals surface area contributed by atoms with Gasteiger partial charge in [-0.1, -0.05) is 0 Å². The van der Waals surface area contributed by atoms with E-state index in [1.165, 1.54) is 24.3 Å². The zero-order valence-corrected chi connectivity index (χ0v) is 9.07. The van der Waals surface area contributed by atoms with Gasteiger partial charge in [-0.25, -0.2) is 0 Å². The molecule has 1 atom stereocenters. The van der Waals surface area contributed by atoms with Crippen LogP contribution in [0.4, 0.5) is 5.69 Å². The van der Waals surface area contributed by atoms with Gasteiger partial charge in [0.15, 0.2) is 5.78 Å². The van der Waals surface area contributed by atoms with Gasteiger partial charge in [0.2, 0.25) is 0 Å². The third-order valence-electron chi connectivity index (χ3n) is 2.30. The number of hydrogen-bond donors (Lipinski definition) is 2. The van der Waals surface area contributed by atoms with Crippen molar-refractivity contribution in [2.45, 2.75) is 18.9 Å². The lowest BCUT2D eigenvalue weighted by Gasteiger charge is -2.08. The van der Waals surface area contributed by atoms with Crippen LogP contribution in [0.1, 0.15) is 23.2 Å². The van der Waals surface area contributed by atoms with Gasteiger partial charge in [-0.3, -0.25) is 14.9 Å². The molecule has 1 rings (SSSR count). The number of carbonyl (C=O) groups excluding carboxylic acids is 1. The first-order chi connectivity index (χ1) is 8.06. The first kappa shape index (κ1) is 13.3. The van der Waals surface area contributed by atoms with Crippen LogP contribution in [0.2, 0.25) is 0 Å². The molecule has 0 aliphatic carbocycles. The number of benzene rings is 1. The Bertz CT molecular complexity index is 401. The number of non-ortho nitro benzene ring substituents is 1. The fourth-order valence-corrected chi connectivity index (χ4v) is 1.36. The second kappa shape index (κ2) is 6.07. The molecular weight excluding hydrogens is 226 g/mol. The van der Waals surface area contributed by atoms with Crippen molar-refractivity contribution in [1.29, 1.82) is 0 Å². The molecule has 1 aromatic rings. The van der Waals surface area contributed by atoms with Crippen molar-refractivity contribution in [3.8, 4) is 0 Å². The highest BCUT2D eigenvalue weighted by molar-refractivity contribution is 5.99. The van der Waals surface area contributed by atoms with E-state index in [9.17, 15) is 20.0 Å². The van der Waals surface area contributed by atoms with Gasteiger partial charge in [0.25, 0.3) is 5.69 Å². The molecular formula is C11H13NO5. The van der Waals surface area contributed by atoms with E-state index < -0.39 is 16.8 Å².